The molecule has 5 nitrogen and oxygen atoms in total. The van der Waals surface area contributed by atoms with Crippen LogP contribution in [0, 0.1) is 23.7 Å². The summed E-state index contributed by atoms with van der Waals surface area (Å²) in [7, 11) is 1.62. The second-order valence-corrected chi connectivity index (χ2v) is 7.31. The van der Waals surface area contributed by atoms with Crippen molar-refractivity contribution in [2.24, 2.45) is 23.7 Å². The lowest BCUT2D eigenvalue weighted by atomic mass is 9.79. The van der Waals surface area contributed by atoms with Crippen molar-refractivity contribution in [3.8, 4) is 5.75 Å². The van der Waals surface area contributed by atoms with E-state index in [1.54, 1.807) is 7.11 Å². The van der Waals surface area contributed by atoms with Gasteiger partial charge >= 0.3 is 6.09 Å². The molecule has 3 aliphatic carbocycles. The summed E-state index contributed by atoms with van der Waals surface area (Å²) in [6.45, 7) is 0. The first-order chi connectivity index (χ1) is 11.2. The van der Waals surface area contributed by atoms with Gasteiger partial charge in [-0.2, -0.15) is 0 Å². The largest absolute Gasteiger partial charge is 0.497 e. The molecule has 1 aliphatic heterocycles. The first kappa shape index (κ1) is 13.7. The number of anilines is 1. The molecule has 0 unspecified atom stereocenters. The summed E-state index contributed by atoms with van der Waals surface area (Å²) in [5.41, 5.74) is 0.729. The molecule has 122 valence electrons. The van der Waals surface area contributed by atoms with Gasteiger partial charge in [0.25, 0.3) is 0 Å². The van der Waals surface area contributed by atoms with Crippen LogP contribution in [0.3, 0.4) is 0 Å². The van der Waals surface area contributed by atoms with Crippen molar-refractivity contribution in [1.29, 1.82) is 0 Å². The predicted molar refractivity (Wildman–Crippen MR) is 83.4 cm³/mol. The Morgan fingerprint density at radius 1 is 1.17 bits per heavy atom. The quantitative estimate of drug-likeness (QED) is 0.871. The summed E-state index contributed by atoms with van der Waals surface area (Å²) in [6, 6.07) is 7.28. The van der Waals surface area contributed by atoms with E-state index in [0.717, 1.165) is 29.7 Å². The minimum absolute atomic E-state index is 0.0806. The maximum Gasteiger partial charge on any atom is 0.411 e. The molecule has 1 aromatic rings. The summed E-state index contributed by atoms with van der Waals surface area (Å²) in [6.07, 6.45) is 4.18. The molecule has 1 amide bonds. The minimum atomic E-state index is -0.344. The summed E-state index contributed by atoms with van der Waals surface area (Å²) in [4.78, 5) is 12.2. The zero-order valence-electron chi connectivity index (χ0n) is 13.1. The molecule has 0 radical (unpaired) electrons. The van der Waals surface area contributed by atoms with E-state index in [0.29, 0.717) is 24.0 Å². The van der Waals surface area contributed by atoms with E-state index in [1.807, 2.05) is 24.3 Å². The van der Waals surface area contributed by atoms with Crippen molar-refractivity contribution >= 4 is 11.8 Å². The number of epoxide rings is 1. The average Bonchev–Trinajstić information content (AvgIpc) is 2.92. The molecular weight excluding hydrogens is 294 g/mol. The van der Waals surface area contributed by atoms with Crippen LogP contribution in [0.5, 0.6) is 5.75 Å². The van der Waals surface area contributed by atoms with Gasteiger partial charge in [0.15, 0.2) is 0 Å². The highest BCUT2D eigenvalue weighted by atomic mass is 16.6. The fourth-order valence-electron chi connectivity index (χ4n) is 5.36. The van der Waals surface area contributed by atoms with Gasteiger partial charge in [-0.05, 0) is 67.2 Å². The first-order valence-electron chi connectivity index (χ1n) is 8.50. The number of benzene rings is 1. The molecule has 0 aromatic heterocycles. The maximum atomic E-state index is 12.2. The summed E-state index contributed by atoms with van der Waals surface area (Å²) in [5.74, 6) is 3.47. The van der Waals surface area contributed by atoms with Crippen molar-refractivity contribution in [3.05, 3.63) is 24.3 Å². The van der Waals surface area contributed by atoms with Crippen molar-refractivity contribution in [2.45, 2.75) is 37.6 Å². The number of carbonyl (C=O) groups excluding carboxylic acids is 1. The maximum absolute atomic E-state index is 12.2. The number of ether oxygens (including phenoxy) is 3. The van der Waals surface area contributed by atoms with Crippen LogP contribution in [0.25, 0.3) is 0 Å². The van der Waals surface area contributed by atoms with E-state index in [9.17, 15) is 4.79 Å². The van der Waals surface area contributed by atoms with Crippen LogP contribution >= 0.6 is 0 Å². The van der Waals surface area contributed by atoms with Gasteiger partial charge in [-0.3, -0.25) is 5.32 Å². The molecule has 1 N–H and O–H groups in total. The normalized spacial score (nSPS) is 42.0. The molecule has 1 heterocycles. The Hall–Kier alpha value is -1.75. The molecule has 4 aliphatic rings. The van der Waals surface area contributed by atoms with E-state index in [-0.39, 0.29) is 12.2 Å². The van der Waals surface area contributed by atoms with Crippen molar-refractivity contribution in [3.63, 3.8) is 0 Å². The smallest absolute Gasteiger partial charge is 0.411 e. The van der Waals surface area contributed by atoms with Crippen LogP contribution in [0.4, 0.5) is 10.5 Å². The third-order valence-electron chi connectivity index (χ3n) is 6.28. The zero-order valence-corrected chi connectivity index (χ0v) is 13.1. The van der Waals surface area contributed by atoms with E-state index in [1.165, 1.54) is 12.8 Å². The van der Waals surface area contributed by atoms with E-state index < -0.39 is 0 Å². The SMILES string of the molecule is COc1ccc(NC(=O)O[C@@H]2C[C@H]3C[C@H]2[C@@H]2C[C@@H]4O[C@H]4[C@@H]32)cc1. The van der Waals surface area contributed by atoms with Crippen molar-refractivity contribution in [1.82, 2.24) is 0 Å². The first-order valence-corrected chi connectivity index (χ1v) is 8.50. The number of hydrogen-bond donors (Lipinski definition) is 1. The number of hydrogen-bond acceptors (Lipinski definition) is 4. The molecule has 1 saturated heterocycles. The summed E-state index contributed by atoms with van der Waals surface area (Å²) >= 11 is 0. The number of nitrogens with one attached hydrogen (secondary N) is 1. The Morgan fingerprint density at radius 2 is 2.00 bits per heavy atom. The van der Waals surface area contributed by atoms with Crippen LogP contribution in [-0.2, 0) is 9.47 Å². The molecule has 5 heteroatoms. The molecule has 23 heavy (non-hydrogen) atoms. The fraction of sp³-hybridized carbons (Fsp3) is 0.611. The zero-order chi connectivity index (χ0) is 15.6. The lowest BCUT2D eigenvalue weighted by Gasteiger charge is -2.32. The molecule has 0 spiro atoms. The Balaban J connectivity index is 1.20. The molecular formula is C18H21NO4. The second-order valence-electron chi connectivity index (χ2n) is 7.31. The number of methoxy groups -OCH3 is 1. The second kappa shape index (κ2) is 4.87. The minimum Gasteiger partial charge on any atom is -0.497 e. The van der Waals surface area contributed by atoms with Gasteiger partial charge in [-0.15, -0.1) is 0 Å². The number of fused-ring (bicyclic) bond motifs is 7. The molecule has 2 bridgehead atoms. The molecule has 7 atom stereocenters. The predicted octanol–water partition coefficient (Wildman–Crippen LogP) is 3.06. The van der Waals surface area contributed by atoms with Gasteiger partial charge < -0.3 is 14.2 Å². The molecule has 5 rings (SSSR count). The monoisotopic (exact) mass is 315 g/mol. The van der Waals surface area contributed by atoms with Gasteiger partial charge in [0.1, 0.15) is 11.9 Å². The van der Waals surface area contributed by atoms with Gasteiger partial charge in [-0.1, -0.05) is 0 Å². The van der Waals surface area contributed by atoms with Crippen LogP contribution < -0.4 is 10.1 Å². The van der Waals surface area contributed by atoms with Crippen LogP contribution in [0.1, 0.15) is 19.3 Å². The third-order valence-corrected chi connectivity index (χ3v) is 6.28. The Kier molecular flexibility index (Phi) is 2.89. The molecule has 1 aromatic carbocycles. The Morgan fingerprint density at radius 3 is 2.78 bits per heavy atom. The molecule has 3 saturated carbocycles. The van der Waals surface area contributed by atoms with Crippen LogP contribution in [-0.4, -0.2) is 31.5 Å². The highest BCUT2D eigenvalue weighted by Crippen LogP contribution is 2.64. The van der Waals surface area contributed by atoms with E-state index in [2.05, 4.69) is 5.32 Å². The van der Waals surface area contributed by atoms with Crippen molar-refractivity contribution < 1.29 is 19.0 Å². The highest BCUT2D eigenvalue weighted by Gasteiger charge is 2.67. The lowest BCUT2D eigenvalue weighted by Crippen LogP contribution is -2.35. The summed E-state index contributed by atoms with van der Waals surface area (Å²) in [5, 5.41) is 2.82. The van der Waals surface area contributed by atoms with Gasteiger partial charge in [0, 0.05) is 5.69 Å². The third kappa shape index (κ3) is 2.13. The van der Waals surface area contributed by atoms with E-state index >= 15 is 0 Å². The van der Waals surface area contributed by atoms with Crippen LogP contribution in [0.2, 0.25) is 0 Å². The van der Waals surface area contributed by atoms with E-state index in [4.69, 9.17) is 14.2 Å². The highest BCUT2D eigenvalue weighted by molar-refractivity contribution is 5.84. The Bertz CT molecular complexity index is 630. The fourth-order valence-corrected chi connectivity index (χ4v) is 5.36. The average molecular weight is 315 g/mol. The molecule has 4 fully saturated rings. The summed E-state index contributed by atoms with van der Waals surface area (Å²) < 4.78 is 16.6. The number of rotatable bonds is 3. The number of carbonyl (C=O) groups is 1. The van der Waals surface area contributed by atoms with Gasteiger partial charge in [0.2, 0.25) is 0 Å². The van der Waals surface area contributed by atoms with Gasteiger partial charge in [-0.25, -0.2) is 4.79 Å². The topological polar surface area (TPSA) is 60.1 Å². The standard InChI is InChI=1S/C18H21NO4/c1-21-11-4-2-10(3-5-11)19-18(20)23-14-7-9-6-12(14)13-8-15-17(22-15)16(9)13/h2-5,9,12-17H,6-8H2,1H3,(H,19,20)/t9-,12+,13+,14-,15+,16+,17-/m1/s1. The number of amides is 1. The van der Waals surface area contributed by atoms with Crippen LogP contribution in [0.15, 0.2) is 24.3 Å². The Labute approximate surface area is 135 Å². The lowest BCUT2D eigenvalue weighted by molar-refractivity contribution is 0.0251. The van der Waals surface area contributed by atoms with Gasteiger partial charge in [0.05, 0.1) is 19.3 Å². The van der Waals surface area contributed by atoms with Crippen molar-refractivity contribution in [2.75, 3.05) is 12.4 Å².